The van der Waals surface area contributed by atoms with Gasteiger partial charge >= 0.3 is 0 Å². The SMILES string of the molecule is CCC1(COCC2CCCC(C)(COCC3(CC)COC3)CCC2)COC1. The maximum atomic E-state index is 6.21. The van der Waals surface area contributed by atoms with Crippen molar-refractivity contribution in [2.24, 2.45) is 22.2 Å². The fourth-order valence-electron chi connectivity index (χ4n) is 4.73. The van der Waals surface area contributed by atoms with E-state index < -0.39 is 0 Å². The van der Waals surface area contributed by atoms with E-state index in [-0.39, 0.29) is 0 Å². The second-order valence-electron chi connectivity index (χ2n) is 10.2. The van der Waals surface area contributed by atoms with Crippen LogP contribution in [0.4, 0.5) is 0 Å². The molecule has 0 aromatic rings. The lowest BCUT2D eigenvalue weighted by Crippen LogP contribution is -2.46. The third-order valence-corrected chi connectivity index (χ3v) is 7.54. The summed E-state index contributed by atoms with van der Waals surface area (Å²) in [5, 5.41) is 0. The van der Waals surface area contributed by atoms with E-state index in [4.69, 9.17) is 18.9 Å². The molecule has 0 aromatic heterocycles. The molecule has 0 atom stereocenters. The molecule has 4 heteroatoms. The van der Waals surface area contributed by atoms with Crippen molar-refractivity contribution < 1.29 is 18.9 Å². The maximum absolute atomic E-state index is 6.21. The molecular weight excluding hydrogens is 340 g/mol. The van der Waals surface area contributed by atoms with Crippen LogP contribution in [0, 0.1) is 22.2 Å². The molecule has 2 heterocycles. The molecule has 0 amide bonds. The fourth-order valence-corrected chi connectivity index (χ4v) is 4.73. The summed E-state index contributed by atoms with van der Waals surface area (Å²) >= 11 is 0. The van der Waals surface area contributed by atoms with Gasteiger partial charge in [-0.3, -0.25) is 0 Å². The number of hydrogen-bond donors (Lipinski definition) is 0. The molecule has 27 heavy (non-hydrogen) atoms. The molecule has 1 saturated carbocycles. The Balaban J connectivity index is 1.33. The standard InChI is InChI=1S/C23H42O4/c1-4-22(16-26-17-22)14-24-12-20-8-6-10-21(3,11-7-9-20)13-25-15-23(5-2)18-27-19-23/h20H,4-19H2,1-3H3. The van der Waals surface area contributed by atoms with E-state index in [9.17, 15) is 0 Å². The minimum absolute atomic E-state index is 0.307. The van der Waals surface area contributed by atoms with Gasteiger partial charge in [-0.05, 0) is 49.9 Å². The first-order chi connectivity index (χ1) is 13.0. The molecule has 3 rings (SSSR count). The highest BCUT2D eigenvalue weighted by atomic mass is 16.5. The van der Waals surface area contributed by atoms with Gasteiger partial charge in [0, 0.05) is 17.4 Å². The van der Waals surface area contributed by atoms with Crippen molar-refractivity contribution in [3.63, 3.8) is 0 Å². The number of hydrogen-bond acceptors (Lipinski definition) is 4. The van der Waals surface area contributed by atoms with Crippen LogP contribution < -0.4 is 0 Å². The summed E-state index contributed by atoms with van der Waals surface area (Å²) in [6.07, 6.45) is 10.1. The first kappa shape index (κ1) is 21.5. The van der Waals surface area contributed by atoms with E-state index in [1.165, 1.54) is 44.9 Å². The lowest BCUT2D eigenvalue weighted by Gasteiger charge is -2.42. The van der Waals surface area contributed by atoms with Gasteiger partial charge in [-0.1, -0.05) is 33.6 Å². The second kappa shape index (κ2) is 9.56. The van der Waals surface area contributed by atoms with E-state index in [0.29, 0.717) is 16.2 Å². The maximum Gasteiger partial charge on any atom is 0.0566 e. The second-order valence-corrected chi connectivity index (χ2v) is 10.2. The van der Waals surface area contributed by atoms with E-state index in [2.05, 4.69) is 20.8 Å². The summed E-state index contributed by atoms with van der Waals surface area (Å²) < 4.78 is 23.2. The molecule has 0 radical (unpaired) electrons. The summed E-state index contributed by atoms with van der Waals surface area (Å²) in [6.45, 7) is 14.1. The molecule has 4 nitrogen and oxygen atoms in total. The average Bonchev–Trinajstić information content (AvgIpc) is 2.57. The summed E-state index contributed by atoms with van der Waals surface area (Å²) in [4.78, 5) is 0. The first-order valence-corrected chi connectivity index (χ1v) is 11.3. The summed E-state index contributed by atoms with van der Waals surface area (Å²) in [5.74, 6) is 0.737. The molecule has 0 spiro atoms. The first-order valence-electron chi connectivity index (χ1n) is 11.3. The predicted molar refractivity (Wildman–Crippen MR) is 108 cm³/mol. The van der Waals surface area contributed by atoms with Crippen LogP contribution in [0.25, 0.3) is 0 Å². The van der Waals surface area contributed by atoms with Gasteiger partial charge in [0.25, 0.3) is 0 Å². The number of rotatable bonds is 10. The van der Waals surface area contributed by atoms with Crippen molar-refractivity contribution >= 4 is 0 Å². The lowest BCUT2D eigenvalue weighted by molar-refractivity contribution is -0.157. The van der Waals surface area contributed by atoms with Crippen LogP contribution in [0.15, 0.2) is 0 Å². The Bertz CT molecular complexity index is 421. The van der Waals surface area contributed by atoms with Crippen molar-refractivity contribution in [3.8, 4) is 0 Å². The zero-order valence-corrected chi connectivity index (χ0v) is 18.0. The van der Waals surface area contributed by atoms with E-state index in [1.807, 2.05) is 0 Å². The molecule has 0 N–H and O–H groups in total. The monoisotopic (exact) mass is 382 g/mol. The van der Waals surface area contributed by atoms with Gasteiger partial charge in [0.15, 0.2) is 0 Å². The average molecular weight is 383 g/mol. The van der Waals surface area contributed by atoms with Crippen LogP contribution >= 0.6 is 0 Å². The van der Waals surface area contributed by atoms with Gasteiger partial charge in [0.05, 0.1) is 46.2 Å². The van der Waals surface area contributed by atoms with Gasteiger partial charge in [0.2, 0.25) is 0 Å². The summed E-state index contributed by atoms with van der Waals surface area (Å²) in [6, 6.07) is 0. The van der Waals surface area contributed by atoms with Crippen LogP contribution in [0.1, 0.15) is 72.1 Å². The van der Waals surface area contributed by atoms with Gasteiger partial charge in [-0.15, -0.1) is 0 Å². The largest absolute Gasteiger partial charge is 0.380 e. The van der Waals surface area contributed by atoms with Crippen molar-refractivity contribution in [2.45, 2.75) is 72.1 Å². The molecule has 3 aliphatic rings. The van der Waals surface area contributed by atoms with Crippen LogP contribution in [-0.4, -0.2) is 52.9 Å². The summed E-state index contributed by atoms with van der Waals surface area (Å²) in [5.41, 5.74) is 0.974. The van der Waals surface area contributed by atoms with E-state index >= 15 is 0 Å². The Morgan fingerprint density at radius 3 is 1.74 bits per heavy atom. The lowest BCUT2D eigenvalue weighted by atomic mass is 9.76. The molecule has 0 aromatic carbocycles. The van der Waals surface area contributed by atoms with E-state index in [0.717, 1.165) is 65.2 Å². The minimum Gasteiger partial charge on any atom is -0.380 e. The minimum atomic E-state index is 0.307. The van der Waals surface area contributed by atoms with Gasteiger partial charge in [-0.25, -0.2) is 0 Å². The Labute approximate surface area is 166 Å². The van der Waals surface area contributed by atoms with Crippen LogP contribution in [0.3, 0.4) is 0 Å². The van der Waals surface area contributed by atoms with Gasteiger partial charge in [0.1, 0.15) is 0 Å². The van der Waals surface area contributed by atoms with Crippen molar-refractivity contribution in [3.05, 3.63) is 0 Å². The smallest absolute Gasteiger partial charge is 0.0566 e. The third kappa shape index (κ3) is 5.68. The molecule has 3 fully saturated rings. The molecule has 0 bridgehead atoms. The normalized spacial score (nSPS) is 32.8. The Hall–Kier alpha value is -0.160. The van der Waals surface area contributed by atoms with Gasteiger partial charge in [-0.2, -0.15) is 0 Å². The highest BCUT2D eigenvalue weighted by Crippen LogP contribution is 2.38. The van der Waals surface area contributed by atoms with Crippen LogP contribution in [-0.2, 0) is 18.9 Å². The van der Waals surface area contributed by atoms with Crippen LogP contribution in [0.2, 0.25) is 0 Å². The highest BCUT2D eigenvalue weighted by molar-refractivity contribution is 4.86. The van der Waals surface area contributed by atoms with Gasteiger partial charge < -0.3 is 18.9 Å². The quantitative estimate of drug-likeness (QED) is 0.541. The Morgan fingerprint density at radius 2 is 1.30 bits per heavy atom. The molecule has 2 aliphatic heterocycles. The zero-order valence-electron chi connectivity index (χ0n) is 18.0. The fraction of sp³-hybridized carbons (Fsp3) is 1.00. The topological polar surface area (TPSA) is 36.9 Å². The predicted octanol–water partition coefficient (Wildman–Crippen LogP) is 4.85. The van der Waals surface area contributed by atoms with Crippen molar-refractivity contribution in [1.82, 2.24) is 0 Å². The summed E-state index contributed by atoms with van der Waals surface area (Å²) in [7, 11) is 0. The molecule has 158 valence electrons. The highest BCUT2D eigenvalue weighted by Gasteiger charge is 2.38. The van der Waals surface area contributed by atoms with Crippen molar-refractivity contribution in [1.29, 1.82) is 0 Å². The van der Waals surface area contributed by atoms with E-state index in [1.54, 1.807) is 0 Å². The molecule has 1 aliphatic carbocycles. The Kier molecular flexibility index (Phi) is 7.63. The molecule has 0 unspecified atom stereocenters. The Morgan fingerprint density at radius 1 is 0.778 bits per heavy atom. The van der Waals surface area contributed by atoms with Crippen molar-refractivity contribution in [2.75, 3.05) is 52.9 Å². The molecule has 2 saturated heterocycles. The van der Waals surface area contributed by atoms with Crippen LogP contribution in [0.5, 0.6) is 0 Å². The number of ether oxygens (including phenoxy) is 4. The molecular formula is C23H42O4. The third-order valence-electron chi connectivity index (χ3n) is 7.54. The zero-order chi connectivity index (χ0) is 19.2.